The first kappa shape index (κ1) is 18.8. The summed E-state index contributed by atoms with van der Waals surface area (Å²) in [4.78, 5) is 12.5. The first-order valence-corrected chi connectivity index (χ1v) is 8.92. The maximum Gasteiger partial charge on any atom is 0.265 e. The van der Waals surface area contributed by atoms with Gasteiger partial charge in [0.1, 0.15) is 11.5 Å². The van der Waals surface area contributed by atoms with Crippen molar-refractivity contribution in [3.8, 4) is 11.5 Å². The summed E-state index contributed by atoms with van der Waals surface area (Å²) >= 11 is 0. The van der Waals surface area contributed by atoms with E-state index in [1.54, 1.807) is 6.92 Å². The summed E-state index contributed by atoms with van der Waals surface area (Å²) in [6.07, 6.45) is 2.38. The van der Waals surface area contributed by atoms with Gasteiger partial charge in [-0.2, -0.15) is 0 Å². The molecule has 0 saturated carbocycles. The molecule has 2 aromatic rings. The van der Waals surface area contributed by atoms with Crippen LogP contribution in [0.15, 0.2) is 48.5 Å². The van der Waals surface area contributed by atoms with Crippen molar-refractivity contribution in [1.82, 2.24) is 0 Å². The second-order valence-corrected chi connectivity index (χ2v) is 5.95. The fourth-order valence-corrected chi connectivity index (χ4v) is 2.35. The van der Waals surface area contributed by atoms with Gasteiger partial charge in [0.25, 0.3) is 5.91 Å². The van der Waals surface area contributed by atoms with Crippen LogP contribution in [-0.4, -0.2) is 18.6 Å². The van der Waals surface area contributed by atoms with Gasteiger partial charge < -0.3 is 14.8 Å². The van der Waals surface area contributed by atoms with E-state index in [1.807, 2.05) is 48.5 Å². The number of rotatable bonds is 9. The molecule has 134 valence electrons. The Bertz CT molecular complexity index is 684. The van der Waals surface area contributed by atoms with Crippen molar-refractivity contribution in [2.45, 2.75) is 46.1 Å². The van der Waals surface area contributed by atoms with Crippen molar-refractivity contribution < 1.29 is 14.3 Å². The Morgan fingerprint density at radius 3 is 2.68 bits per heavy atom. The smallest absolute Gasteiger partial charge is 0.265 e. The molecule has 2 rings (SSSR count). The van der Waals surface area contributed by atoms with E-state index in [2.05, 4.69) is 19.2 Å². The molecule has 1 amide bonds. The standard InChI is InChI=1S/C21H27NO3/c1-4-6-14-24-20-13-8-7-12-19(20)22-21(23)16(3)25-18-11-9-10-17(5-2)15-18/h7-13,15-16H,4-6,14H2,1-3H3,(H,22,23). The number of anilines is 1. The quantitative estimate of drug-likeness (QED) is 0.664. The van der Waals surface area contributed by atoms with E-state index in [4.69, 9.17) is 9.47 Å². The topological polar surface area (TPSA) is 47.6 Å². The molecular formula is C21H27NO3. The molecule has 1 atom stereocenters. The van der Waals surface area contributed by atoms with E-state index in [-0.39, 0.29) is 5.91 Å². The third-order valence-electron chi connectivity index (χ3n) is 3.89. The second-order valence-electron chi connectivity index (χ2n) is 5.95. The van der Waals surface area contributed by atoms with E-state index in [9.17, 15) is 4.79 Å². The summed E-state index contributed by atoms with van der Waals surface area (Å²) in [7, 11) is 0. The zero-order valence-corrected chi connectivity index (χ0v) is 15.2. The molecule has 0 aliphatic rings. The lowest BCUT2D eigenvalue weighted by atomic mass is 10.2. The van der Waals surface area contributed by atoms with Gasteiger partial charge in [-0.05, 0) is 49.6 Å². The SMILES string of the molecule is CCCCOc1ccccc1NC(=O)C(C)Oc1cccc(CC)c1. The third-order valence-corrected chi connectivity index (χ3v) is 3.89. The Labute approximate surface area is 150 Å². The minimum atomic E-state index is -0.601. The van der Waals surface area contributed by atoms with Crippen LogP contribution in [0.1, 0.15) is 39.2 Å². The van der Waals surface area contributed by atoms with E-state index >= 15 is 0 Å². The largest absolute Gasteiger partial charge is 0.491 e. The number of aryl methyl sites for hydroxylation is 1. The van der Waals surface area contributed by atoms with Crippen LogP contribution in [0.25, 0.3) is 0 Å². The van der Waals surface area contributed by atoms with Crippen molar-refractivity contribution in [3.63, 3.8) is 0 Å². The van der Waals surface area contributed by atoms with Crippen molar-refractivity contribution in [1.29, 1.82) is 0 Å². The lowest BCUT2D eigenvalue weighted by Gasteiger charge is -2.17. The monoisotopic (exact) mass is 341 g/mol. The summed E-state index contributed by atoms with van der Waals surface area (Å²) in [5.74, 6) is 1.19. The van der Waals surface area contributed by atoms with Crippen LogP contribution in [0.3, 0.4) is 0 Å². The molecule has 25 heavy (non-hydrogen) atoms. The van der Waals surface area contributed by atoms with E-state index < -0.39 is 6.10 Å². The van der Waals surface area contributed by atoms with Crippen LogP contribution in [-0.2, 0) is 11.2 Å². The maximum atomic E-state index is 12.5. The van der Waals surface area contributed by atoms with Gasteiger partial charge in [0, 0.05) is 0 Å². The van der Waals surface area contributed by atoms with Gasteiger partial charge in [-0.25, -0.2) is 0 Å². The number of para-hydroxylation sites is 2. The number of hydrogen-bond acceptors (Lipinski definition) is 3. The average molecular weight is 341 g/mol. The molecule has 4 heteroatoms. The zero-order chi connectivity index (χ0) is 18.1. The average Bonchev–Trinajstić information content (AvgIpc) is 2.63. The molecule has 0 heterocycles. The molecular weight excluding hydrogens is 314 g/mol. The number of benzene rings is 2. The molecule has 0 aliphatic carbocycles. The number of ether oxygens (including phenoxy) is 2. The Morgan fingerprint density at radius 1 is 1.12 bits per heavy atom. The normalized spacial score (nSPS) is 11.6. The molecule has 0 fully saturated rings. The fourth-order valence-electron chi connectivity index (χ4n) is 2.35. The first-order chi connectivity index (χ1) is 12.1. The fraction of sp³-hybridized carbons (Fsp3) is 0.381. The van der Waals surface area contributed by atoms with E-state index in [1.165, 1.54) is 5.56 Å². The number of carbonyl (C=O) groups excluding carboxylic acids is 1. The molecule has 1 unspecified atom stereocenters. The maximum absolute atomic E-state index is 12.5. The highest BCUT2D eigenvalue weighted by Gasteiger charge is 2.16. The van der Waals surface area contributed by atoms with Crippen LogP contribution in [0.5, 0.6) is 11.5 Å². The van der Waals surface area contributed by atoms with Crippen LogP contribution < -0.4 is 14.8 Å². The van der Waals surface area contributed by atoms with Gasteiger partial charge in [0.05, 0.1) is 12.3 Å². The molecule has 0 aromatic heterocycles. The van der Waals surface area contributed by atoms with Gasteiger partial charge in [-0.15, -0.1) is 0 Å². The summed E-state index contributed by atoms with van der Waals surface area (Å²) < 4.78 is 11.5. The molecule has 0 radical (unpaired) electrons. The van der Waals surface area contributed by atoms with Crippen molar-refractivity contribution >= 4 is 11.6 Å². The Kier molecular flexibility index (Phi) is 7.33. The van der Waals surface area contributed by atoms with Gasteiger partial charge in [0.15, 0.2) is 6.10 Å². The summed E-state index contributed by atoms with van der Waals surface area (Å²) in [5.41, 5.74) is 1.85. The molecule has 1 N–H and O–H groups in total. The molecule has 0 bridgehead atoms. The van der Waals surface area contributed by atoms with Gasteiger partial charge in [-0.1, -0.05) is 44.5 Å². The Morgan fingerprint density at radius 2 is 1.92 bits per heavy atom. The third kappa shape index (κ3) is 5.82. The van der Waals surface area contributed by atoms with Crippen LogP contribution in [0, 0.1) is 0 Å². The first-order valence-electron chi connectivity index (χ1n) is 8.92. The van der Waals surface area contributed by atoms with Crippen molar-refractivity contribution in [3.05, 3.63) is 54.1 Å². The Hall–Kier alpha value is -2.49. The number of hydrogen-bond donors (Lipinski definition) is 1. The molecule has 4 nitrogen and oxygen atoms in total. The number of amides is 1. The summed E-state index contributed by atoms with van der Waals surface area (Å²) in [6.45, 7) is 6.59. The second kappa shape index (κ2) is 9.72. The van der Waals surface area contributed by atoms with Gasteiger partial charge in [-0.3, -0.25) is 4.79 Å². The van der Waals surface area contributed by atoms with E-state index in [0.717, 1.165) is 19.3 Å². The van der Waals surface area contributed by atoms with Gasteiger partial charge in [0.2, 0.25) is 0 Å². The summed E-state index contributed by atoms with van der Waals surface area (Å²) in [5, 5.41) is 2.90. The highest BCUT2D eigenvalue weighted by atomic mass is 16.5. The van der Waals surface area contributed by atoms with Crippen LogP contribution >= 0.6 is 0 Å². The molecule has 0 saturated heterocycles. The summed E-state index contributed by atoms with van der Waals surface area (Å²) in [6, 6.07) is 15.3. The minimum absolute atomic E-state index is 0.201. The number of nitrogens with one attached hydrogen (secondary N) is 1. The predicted molar refractivity (Wildman–Crippen MR) is 101 cm³/mol. The zero-order valence-electron chi connectivity index (χ0n) is 15.2. The molecule has 0 aliphatic heterocycles. The van der Waals surface area contributed by atoms with Crippen molar-refractivity contribution in [2.24, 2.45) is 0 Å². The van der Waals surface area contributed by atoms with Crippen LogP contribution in [0.2, 0.25) is 0 Å². The highest BCUT2D eigenvalue weighted by molar-refractivity contribution is 5.95. The number of unbranched alkanes of at least 4 members (excludes halogenated alkanes) is 1. The van der Waals surface area contributed by atoms with Crippen molar-refractivity contribution in [2.75, 3.05) is 11.9 Å². The minimum Gasteiger partial charge on any atom is -0.491 e. The van der Waals surface area contributed by atoms with Gasteiger partial charge >= 0.3 is 0 Å². The highest BCUT2D eigenvalue weighted by Crippen LogP contribution is 2.24. The molecule has 2 aromatic carbocycles. The molecule has 0 spiro atoms. The van der Waals surface area contributed by atoms with Crippen LogP contribution in [0.4, 0.5) is 5.69 Å². The Balaban J connectivity index is 1.98. The number of carbonyl (C=O) groups is 1. The van der Waals surface area contributed by atoms with E-state index in [0.29, 0.717) is 23.8 Å². The lowest BCUT2D eigenvalue weighted by Crippen LogP contribution is -2.30. The predicted octanol–water partition coefficient (Wildman–Crippen LogP) is 4.83. The lowest BCUT2D eigenvalue weighted by molar-refractivity contribution is -0.122.